The van der Waals surface area contributed by atoms with Crippen molar-refractivity contribution in [2.24, 2.45) is 0 Å². The molecular formula is C82H48N4S3. The van der Waals surface area contributed by atoms with Crippen LogP contribution in [0.4, 0.5) is 0 Å². The van der Waals surface area contributed by atoms with Gasteiger partial charge in [-0.2, -0.15) is 0 Å². The maximum atomic E-state index is 4.87. The smallest absolute Gasteiger partial charge is 0.116 e. The van der Waals surface area contributed by atoms with Gasteiger partial charge in [-0.25, -0.2) is 9.97 Å². The number of aromatic nitrogens is 4. The van der Waals surface area contributed by atoms with E-state index in [4.69, 9.17) is 9.97 Å². The third-order valence-corrected chi connectivity index (χ3v) is 21.9. The van der Waals surface area contributed by atoms with Crippen LogP contribution in [0.1, 0.15) is 0 Å². The summed E-state index contributed by atoms with van der Waals surface area (Å²) in [5.41, 5.74) is 20.5. The Kier molecular flexibility index (Phi) is 11.2. The number of thiophene rings is 3. The zero-order valence-corrected chi connectivity index (χ0v) is 50.2. The second kappa shape index (κ2) is 19.9. The van der Waals surface area contributed by atoms with Gasteiger partial charge in [-0.05, 0) is 148 Å². The largest absolute Gasteiger partial charge is 0.309 e. The predicted octanol–water partition coefficient (Wildman–Crippen LogP) is 23.8. The van der Waals surface area contributed by atoms with E-state index in [1.54, 1.807) is 6.33 Å². The van der Waals surface area contributed by atoms with E-state index in [1.807, 2.05) is 34.0 Å². The number of hydrogen-bond acceptors (Lipinski definition) is 5. The topological polar surface area (TPSA) is 35.6 Å². The number of benzene rings is 13. The molecule has 0 aliphatic carbocycles. The number of para-hydroxylation sites is 3. The van der Waals surface area contributed by atoms with Crippen molar-refractivity contribution in [2.45, 2.75) is 0 Å². The Morgan fingerprint density at radius 2 is 0.596 bits per heavy atom. The molecule has 4 nitrogen and oxygen atoms in total. The first-order valence-electron chi connectivity index (χ1n) is 30.1. The molecule has 13 aromatic carbocycles. The van der Waals surface area contributed by atoms with Crippen molar-refractivity contribution in [1.82, 2.24) is 19.1 Å². The van der Waals surface area contributed by atoms with Crippen LogP contribution in [0, 0.1) is 0 Å². The average molecular weight is 1190 g/mol. The van der Waals surface area contributed by atoms with E-state index in [1.165, 1.54) is 138 Å². The maximum absolute atomic E-state index is 4.87. The molecular weight excluding hydrogens is 1140 g/mol. The fourth-order valence-electron chi connectivity index (χ4n) is 14.2. The zero-order valence-electron chi connectivity index (χ0n) is 47.7. The van der Waals surface area contributed by atoms with Crippen molar-refractivity contribution in [3.05, 3.63) is 291 Å². The minimum atomic E-state index is 0.866. The Labute approximate surface area is 523 Å². The highest BCUT2D eigenvalue weighted by molar-refractivity contribution is 7.27. The van der Waals surface area contributed by atoms with Crippen LogP contribution in [0.25, 0.3) is 183 Å². The molecule has 19 rings (SSSR count). The predicted molar refractivity (Wildman–Crippen MR) is 382 cm³/mol. The van der Waals surface area contributed by atoms with Gasteiger partial charge in [-0.15, -0.1) is 34.0 Å². The number of fused-ring (bicyclic) bond motifs is 15. The number of nitrogens with zero attached hydrogens (tertiary/aromatic N) is 4. The maximum Gasteiger partial charge on any atom is 0.116 e. The van der Waals surface area contributed by atoms with Crippen molar-refractivity contribution >= 4 is 138 Å². The molecule has 414 valence electrons. The van der Waals surface area contributed by atoms with Crippen molar-refractivity contribution in [2.75, 3.05) is 0 Å². The molecule has 0 spiro atoms. The van der Waals surface area contributed by atoms with Gasteiger partial charge in [-0.3, -0.25) is 0 Å². The second-order valence-electron chi connectivity index (χ2n) is 23.2. The monoisotopic (exact) mass is 1180 g/mol. The molecule has 6 aromatic heterocycles. The molecule has 0 amide bonds. The standard InChI is InChI=1S/C82H48N4S3/c1-6-31-73-61(20-1)62-21-2-7-32-74(62)85(73)56-18-11-16-51(43-56)71-47-72(84-48-83-71)52-17-12-19-57(44-52)86-75-33-8-3-22-63(75)69-45-49(36-38-76(69)86)50-37-39-79-70(46-50)68-30-15-27-60(82(68)89-79)55-41-53(58-25-13-28-66-64-23-4-9-34-77(64)87-80(58)66)40-54(42-55)59-26-14-29-67-65-24-5-10-35-78(65)88-81(59)67/h1-48H. The molecule has 0 radical (unpaired) electrons. The summed E-state index contributed by atoms with van der Waals surface area (Å²) < 4.78 is 12.6. The van der Waals surface area contributed by atoms with Gasteiger partial charge in [0, 0.05) is 105 Å². The molecule has 0 aliphatic rings. The highest BCUT2D eigenvalue weighted by atomic mass is 32.1. The minimum Gasteiger partial charge on any atom is -0.309 e. The SMILES string of the molecule is c1cc(-c2cc(-c3cccc(-n4c5ccccc5c5cc(-c6ccc7sc8c(-c9cc(-c%10cccc%11c%10sc%10ccccc%10%11)cc(-c%10cccc%11c%10sc%10ccccc%10%11)c9)cccc8c7c6)ccc54)c3)ncn2)cc(-n2c3ccccc3c3ccccc32)c1. The second-order valence-corrected chi connectivity index (χ2v) is 26.4. The van der Waals surface area contributed by atoms with Gasteiger partial charge in [-0.1, -0.05) is 182 Å². The van der Waals surface area contributed by atoms with Crippen LogP contribution >= 0.6 is 34.0 Å². The lowest BCUT2D eigenvalue weighted by atomic mass is 9.92. The Bertz CT molecular complexity index is 5960. The van der Waals surface area contributed by atoms with Gasteiger partial charge in [0.2, 0.25) is 0 Å². The molecule has 0 N–H and O–H groups in total. The lowest BCUT2D eigenvalue weighted by Crippen LogP contribution is -1.96. The summed E-state index contributed by atoms with van der Waals surface area (Å²) in [6, 6.07) is 105. The Morgan fingerprint density at radius 1 is 0.225 bits per heavy atom. The van der Waals surface area contributed by atoms with Crippen molar-refractivity contribution in [1.29, 1.82) is 0 Å². The van der Waals surface area contributed by atoms with Crippen LogP contribution in [0.15, 0.2) is 291 Å². The first-order chi connectivity index (χ1) is 44.1. The first-order valence-corrected chi connectivity index (χ1v) is 32.5. The highest BCUT2D eigenvalue weighted by Crippen LogP contribution is 2.48. The molecule has 0 fully saturated rings. The van der Waals surface area contributed by atoms with E-state index in [0.29, 0.717) is 0 Å². The molecule has 6 heterocycles. The quantitative estimate of drug-likeness (QED) is 0.152. The third kappa shape index (κ3) is 7.96. The summed E-state index contributed by atoms with van der Waals surface area (Å²) in [7, 11) is 0. The normalized spacial score (nSPS) is 12.0. The van der Waals surface area contributed by atoms with Crippen LogP contribution in [-0.4, -0.2) is 19.1 Å². The third-order valence-electron chi connectivity index (χ3n) is 18.2. The number of rotatable bonds is 8. The van der Waals surface area contributed by atoms with E-state index in [2.05, 4.69) is 294 Å². The molecule has 7 heteroatoms. The van der Waals surface area contributed by atoms with E-state index in [0.717, 1.165) is 44.9 Å². The van der Waals surface area contributed by atoms with Crippen LogP contribution in [-0.2, 0) is 0 Å². The van der Waals surface area contributed by atoms with Crippen molar-refractivity contribution in [3.63, 3.8) is 0 Å². The van der Waals surface area contributed by atoms with Crippen LogP contribution < -0.4 is 0 Å². The minimum absolute atomic E-state index is 0.866. The van der Waals surface area contributed by atoms with Gasteiger partial charge < -0.3 is 9.13 Å². The Hall–Kier alpha value is -10.8. The molecule has 0 saturated heterocycles. The first kappa shape index (κ1) is 50.4. The molecule has 0 saturated carbocycles. The van der Waals surface area contributed by atoms with Gasteiger partial charge in [0.1, 0.15) is 6.33 Å². The summed E-state index contributed by atoms with van der Waals surface area (Å²) in [5.74, 6) is 0. The lowest BCUT2D eigenvalue weighted by Gasteiger charge is -2.13. The van der Waals surface area contributed by atoms with Gasteiger partial charge in [0.25, 0.3) is 0 Å². The Balaban J connectivity index is 0.694. The van der Waals surface area contributed by atoms with E-state index >= 15 is 0 Å². The summed E-state index contributed by atoms with van der Waals surface area (Å²) in [6.45, 7) is 0. The molecule has 0 unspecified atom stereocenters. The van der Waals surface area contributed by atoms with E-state index in [-0.39, 0.29) is 0 Å². The molecule has 0 aliphatic heterocycles. The van der Waals surface area contributed by atoms with Crippen LogP contribution in [0.5, 0.6) is 0 Å². The zero-order chi connectivity index (χ0) is 58.3. The van der Waals surface area contributed by atoms with Crippen molar-refractivity contribution < 1.29 is 0 Å². The fourth-order valence-corrected chi connectivity index (χ4v) is 17.9. The van der Waals surface area contributed by atoms with Crippen molar-refractivity contribution in [3.8, 4) is 78.4 Å². The van der Waals surface area contributed by atoms with Crippen LogP contribution in [0.2, 0.25) is 0 Å². The summed E-state index contributed by atoms with van der Waals surface area (Å²) >= 11 is 5.69. The van der Waals surface area contributed by atoms with E-state index < -0.39 is 0 Å². The molecule has 0 atom stereocenters. The molecule has 89 heavy (non-hydrogen) atoms. The highest BCUT2D eigenvalue weighted by Gasteiger charge is 2.21. The summed E-state index contributed by atoms with van der Waals surface area (Å²) in [4.78, 5) is 9.71. The Morgan fingerprint density at radius 3 is 1.09 bits per heavy atom. The average Bonchev–Trinajstić information content (AvgIpc) is 1.87. The summed E-state index contributed by atoms with van der Waals surface area (Å²) in [6.07, 6.45) is 1.69. The van der Waals surface area contributed by atoms with E-state index in [9.17, 15) is 0 Å². The van der Waals surface area contributed by atoms with Gasteiger partial charge >= 0.3 is 0 Å². The molecule has 19 aromatic rings. The van der Waals surface area contributed by atoms with Gasteiger partial charge in [0.15, 0.2) is 0 Å². The summed E-state index contributed by atoms with van der Waals surface area (Å²) in [5, 5.41) is 12.7. The number of hydrogen-bond donors (Lipinski definition) is 0. The van der Waals surface area contributed by atoms with Crippen LogP contribution in [0.3, 0.4) is 0 Å². The fraction of sp³-hybridized carbons (Fsp3) is 0. The molecule has 0 bridgehead atoms. The van der Waals surface area contributed by atoms with Gasteiger partial charge in [0.05, 0.1) is 33.5 Å². The lowest BCUT2D eigenvalue weighted by molar-refractivity contribution is 1.15.